The van der Waals surface area contributed by atoms with Crippen molar-refractivity contribution in [1.29, 1.82) is 0 Å². The maximum atomic E-state index is 11.0. The van der Waals surface area contributed by atoms with Gasteiger partial charge in [0.05, 0.1) is 9.98 Å². The van der Waals surface area contributed by atoms with Crippen molar-refractivity contribution in [3.8, 4) is 5.13 Å². The third-order valence-electron chi connectivity index (χ3n) is 1.22. The molecule has 0 aliphatic heterocycles. The molecule has 0 saturated heterocycles. The number of aromatic amines is 1. The van der Waals surface area contributed by atoms with Crippen LogP contribution < -0.4 is 5.69 Å². The van der Waals surface area contributed by atoms with E-state index in [9.17, 15) is 4.79 Å². The highest BCUT2D eigenvalue weighted by atomic mass is 79.9. The molecule has 2 heterocycles. The van der Waals surface area contributed by atoms with E-state index in [1.807, 2.05) is 0 Å². The number of hydrogen-bond acceptors (Lipinski definition) is 4. The summed E-state index contributed by atoms with van der Waals surface area (Å²) in [6.07, 6.45) is 3.03. The molecule has 0 atom stereocenters. The van der Waals surface area contributed by atoms with Gasteiger partial charge in [0.1, 0.15) is 6.33 Å². The molecule has 0 radical (unpaired) electrons. The first-order valence-corrected chi connectivity index (χ1v) is 4.62. The lowest BCUT2D eigenvalue weighted by Gasteiger charge is -1.88. The minimum absolute atomic E-state index is 0.281. The number of nitrogens with zero attached hydrogens (tertiary/aromatic N) is 3. The van der Waals surface area contributed by atoms with Crippen LogP contribution >= 0.6 is 27.3 Å². The van der Waals surface area contributed by atoms with Crippen molar-refractivity contribution >= 4 is 27.3 Å². The van der Waals surface area contributed by atoms with Crippen LogP contribution in [0.5, 0.6) is 0 Å². The second-order valence-electron chi connectivity index (χ2n) is 1.98. The van der Waals surface area contributed by atoms with Crippen LogP contribution in [0.1, 0.15) is 0 Å². The Kier molecular flexibility index (Phi) is 1.81. The van der Waals surface area contributed by atoms with Crippen molar-refractivity contribution in [2.45, 2.75) is 0 Å². The molecule has 0 aliphatic rings. The van der Waals surface area contributed by atoms with Gasteiger partial charge in [0, 0.05) is 0 Å². The van der Waals surface area contributed by atoms with Crippen LogP contribution in [0.3, 0.4) is 0 Å². The molecule has 12 heavy (non-hydrogen) atoms. The zero-order valence-electron chi connectivity index (χ0n) is 5.69. The van der Waals surface area contributed by atoms with Gasteiger partial charge < -0.3 is 0 Å². The monoisotopic (exact) mass is 246 g/mol. The minimum Gasteiger partial charge on any atom is -0.246 e. The smallest absolute Gasteiger partial charge is 0.246 e. The van der Waals surface area contributed by atoms with E-state index in [0.717, 1.165) is 3.79 Å². The largest absolute Gasteiger partial charge is 0.349 e. The Morgan fingerprint density at radius 3 is 3.00 bits per heavy atom. The van der Waals surface area contributed by atoms with Crippen molar-refractivity contribution in [2.75, 3.05) is 0 Å². The molecule has 0 saturated carbocycles. The van der Waals surface area contributed by atoms with E-state index in [-0.39, 0.29) is 5.69 Å². The molecule has 0 bridgehead atoms. The fourth-order valence-electron chi connectivity index (χ4n) is 0.742. The predicted molar refractivity (Wildman–Crippen MR) is 47.6 cm³/mol. The van der Waals surface area contributed by atoms with Crippen LogP contribution in [0.4, 0.5) is 0 Å². The normalized spacial score (nSPS) is 10.4. The lowest BCUT2D eigenvalue weighted by atomic mass is 10.9. The molecular formula is C5H3BrN4OS. The maximum Gasteiger partial charge on any atom is 0.349 e. The van der Waals surface area contributed by atoms with Crippen LogP contribution in [0.25, 0.3) is 5.13 Å². The number of hydrogen-bond donors (Lipinski definition) is 1. The summed E-state index contributed by atoms with van der Waals surface area (Å²) in [6.45, 7) is 0. The average Bonchev–Trinajstić information content (AvgIpc) is 2.58. The van der Waals surface area contributed by atoms with Gasteiger partial charge in [-0.15, -0.1) is 0 Å². The maximum absolute atomic E-state index is 11.0. The summed E-state index contributed by atoms with van der Waals surface area (Å²) in [5, 5.41) is 6.47. The van der Waals surface area contributed by atoms with Gasteiger partial charge in [-0.1, -0.05) is 11.3 Å². The number of halogens is 1. The van der Waals surface area contributed by atoms with Crippen LogP contribution in [0.15, 0.2) is 21.1 Å². The molecule has 62 valence electrons. The van der Waals surface area contributed by atoms with Gasteiger partial charge >= 0.3 is 5.69 Å². The molecule has 0 aliphatic carbocycles. The van der Waals surface area contributed by atoms with Gasteiger partial charge in [-0.25, -0.2) is 19.4 Å². The summed E-state index contributed by atoms with van der Waals surface area (Å²) in [7, 11) is 0. The molecule has 5 nitrogen and oxygen atoms in total. The van der Waals surface area contributed by atoms with Crippen LogP contribution in [0.2, 0.25) is 0 Å². The van der Waals surface area contributed by atoms with Gasteiger partial charge in [-0.05, 0) is 15.9 Å². The average molecular weight is 247 g/mol. The molecule has 0 fully saturated rings. The third-order valence-corrected chi connectivity index (χ3v) is 2.70. The van der Waals surface area contributed by atoms with E-state index < -0.39 is 0 Å². The zero-order valence-corrected chi connectivity index (χ0v) is 8.09. The van der Waals surface area contributed by atoms with Crippen molar-refractivity contribution in [2.24, 2.45) is 0 Å². The second kappa shape index (κ2) is 2.83. The first-order valence-electron chi connectivity index (χ1n) is 3.01. The van der Waals surface area contributed by atoms with Gasteiger partial charge in [0.15, 0.2) is 5.13 Å². The molecule has 0 amide bonds. The highest BCUT2D eigenvalue weighted by Crippen LogP contribution is 2.20. The van der Waals surface area contributed by atoms with Crippen molar-refractivity contribution in [3.05, 3.63) is 26.8 Å². The number of rotatable bonds is 1. The van der Waals surface area contributed by atoms with Crippen LogP contribution in [0, 0.1) is 0 Å². The Balaban J connectivity index is 2.58. The van der Waals surface area contributed by atoms with Gasteiger partial charge in [-0.2, -0.15) is 5.10 Å². The molecule has 0 unspecified atom stereocenters. The van der Waals surface area contributed by atoms with Crippen molar-refractivity contribution in [3.63, 3.8) is 0 Å². The van der Waals surface area contributed by atoms with E-state index in [0.29, 0.717) is 5.13 Å². The fraction of sp³-hybridized carbons (Fsp3) is 0. The van der Waals surface area contributed by atoms with Gasteiger partial charge in [0.25, 0.3) is 0 Å². The second-order valence-corrected chi connectivity index (χ2v) is 4.37. The Hall–Kier alpha value is -0.950. The summed E-state index contributed by atoms with van der Waals surface area (Å²) < 4.78 is 2.22. The lowest BCUT2D eigenvalue weighted by Crippen LogP contribution is -2.13. The van der Waals surface area contributed by atoms with Crippen molar-refractivity contribution < 1.29 is 0 Å². The van der Waals surface area contributed by atoms with Crippen LogP contribution in [-0.2, 0) is 0 Å². The summed E-state index contributed by atoms with van der Waals surface area (Å²) >= 11 is 4.62. The molecule has 2 rings (SSSR count). The SMILES string of the molecule is O=c1[nH]ncn1-c1ncc(Br)s1. The lowest BCUT2D eigenvalue weighted by molar-refractivity contribution is 0.968. The number of thiazole rings is 1. The van der Waals surface area contributed by atoms with E-state index in [1.165, 1.54) is 22.2 Å². The number of nitrogens with one attached hydrogen (secondary N) is 1. The quantitative estimate of drug-likeness (QED) is 0.809. The Morgan fingerprint density at radius 1 is 1.67 bits per heavy atom. The highest BCUT2D eigenvalue weighted by Gasteiger charge is 2.04. The van der Waals surface area contributed by atoms with E-state index in [1.54, 1.807) is 6.20 Å². The van der Waals surface area contributed by atoms with Gasteiger partial charge in [0.2, 0.25) is 0 Å². The Morgan fingerprint density at radius 2 is 2.50 bits per heavy atom. The molecule has 1 N–H and O–H groups in total. The molecule has 0 spiro atoms. The number of H-pyrrole nitrogens is 1. The van der Waals surface area contributed by atoms with Crippen molar-refractivity contribution in [1.82, 2.24) is 19.7 Å². The molecule has 2 aromatic heterocycles. The van der Waals surface area contributed by atoms with E-state index in [2.05, 4.69) is 31.1 Å². The Bertz CT molecular complexity index is 444. The summed E-state index contributed by atoms with van der Waals surface area (Å²) in [6, 6.07) is 0. The molecule has 2 aromatic rings. The zero-order chi connectivity index (χ0) is 8.55. The Labute approximate surface area is 79.2 Å². The third kappa shape index (κ3) is 1.21. The topological polar surface area (TPSA) is 63.6 Å². The molecular weight excluding hydrogens is 244 g/mol. The van der Waals surface area contributed by atoms with E-state index in [4.69, 9.17) is 0 Å². The highest BCUT2D eigenvalue weighted by molar-refractivity contribution is 9.11. The van der Waals surface area contributed by atoms with Crippen LogP contribution in [-0.4, -0.2) is 19.7 Å². The number of aromatic nitrogens is 4. The summed E-state index contributed by atoms with van der Waals surface area (Å²) in [4.78, 5) is 15.0. The predicted octanol–water partition coefficient (Wildman–Crippen LogP) is 0.780. The molecule has 7 heteroatoms. The standard InChI is InChI=1S/C5H3BrN4OS/c6-3-1-7-5(12-3)10-2-8-9-4(10)11/h1-2H,(H,9,11). The van der Waals surface area contributed by atoms with Gasteiger partial charge in [-0.3, -0.25) is 0 Å². The summed E-state index contributed by atoms with van der Waals surface area (Å²) in [5.74, 6) is 0. The summed E-state index contributed by atoms with van der Waals surface area (Å²) in [5.41, 5.74) is -0.281. The first kappa shape index (κ1) is 7.69. The minimum atomic E-state index is -0.281. The van der Waals surface area contributed by atoms with E-state index >= 15 is 0 Å². The molecule has 0 aromatic carbocycles. The fourth-order valence-corrected chi connectivity index (χ4v) is 1.89. The first-order chi connectivity index (χ1) is 5.77.